The highest BCUT2D eigenvalue weighted by Gasteiger charge is 2.47. The predicted molar refractivity (Wildman–Crippen MR) is 253 cm³/mol. The van der Waals surface area contributed by atoms with Crippen LogP contribution in [-0.4, -0.2) is 104 Å². The number of urea groups is 1. The minimum atomic E-state index is -1.71. The fraction of sp³-hybridized carbons (Fsp3) is 0.423. The number of morpholine rings is 1. The first-order valence-electron chi connectivity index (χ1n) is 22.8. The number of rotatable bonds is 19. The zero-order valence-electron chi connectivity index (χ0n) is 39.8. The van der Waals surface area contributed by atoms with Crippen molar-refractivity contribution in [1.82, 2.24) is 26.2 Å². The molecule has 5 unspecified atom stereocenters. The van der Waals surface area contributed by atoms with Crippen molar-refractivity contribution in [3.8, 4) is 0 Å². The monoisotopic (exact) mass is 937 g/mol. The summed E-state index contributed by atoms with van der Waals surface area (Å²) in [6.07, 6.45) is -3.63. The molecule has 6 amide bonds. The van der Waals surface area contributed by atoms with Crippen LogP contribution in [0.1, 0.15) is 76.3 Å². The minimum absolute atomic E-state index is 0.0210. The van der Waals surface area contributed by atoms with Crippen molar-refractivity contribution >= 4 is 35.8 Å². The lowest BCUT2D eigenvalue weighted by molar-refractivity contribution is -0.165. The number of alkyl carbamates (subject to hydrolysis) is 1. The van der Waals surface area contributed by atoms with Gasteiger partial charge in [-0.3, -0.25) is 19.7 Å². The largest absolute Gasteiger partial charge is 0.458 e. The van der Waals surface area contributed by atoms with Gasteiger partial charge in [0.25, 0.3) is 5.91 Å². The number of ether oxygens (including phenoxy) is 4. The van der Waals surface area contributed by atoms with Crippen LogP contribution in [0.25, 0.3) is 0 Å². The van der Waals surface area contributed by atoms with Crippen molar-refractivity contribution in [3.63, 3.8) is 0 Å². The Morgan fingerprint density at radius 3 is 1.90 bits per heavy atom. The molecule has 4 N–H and O–H groups in total. The molecule has 1 aliphatic rings. The summed E-state index contributed by atoms with van der Waals surface area (Å²) >= 11 is 0. The van der Waals surface area contributed by atoms with E-state index in [0.29, 0.717) is 35.5 Å². The van der Waals surface area contributed by atoms with E-state index in [4.69, 9.17) is 18.9 Å². The van der Waals surface area contributed by atoms with Gasteiger partial charge in [0.1, 0.15) is 29.6 Å². The average Bonchev–Trinajstić information content (AvgIpc) is 3.31. The van der Waals surface area contributed by atoms with E-state index in [9.17, 15) is 28.4 Å². The first kappa shape index (κ1) is 52.3. The van der Waals surface area contributed by atoms with Crippen LogP contribution in [0.3, 0.4) is 0 Å². The second-order valence-electron chi connectivity index (χ2n) is 18.2. The van der Waals surface area contributed by atoms with Gasteiger partial charge < -0.3 is 39.8 Å². The Morgan fingerprint density at radius 2 is 1.32 bits per heavy atom. The second kappa shape index (κ2) is 24.4. The molecule has 5 rings (SSSR count). The summed E-state index contributed by atoms with van der Waals surface area (Å²) < 4.78 is 37.3. The van der Waals surface area contributed by atoms with Crippen molar-refractivity contribution in [2.45, 2.75) is 102 Å². The van der Waals surface area contributed by atoms with Crippen molar-refractivity contribution in [3.05, 3.63) is 143 Å². The quantitative estimate of drug-likeness (QED) is 0.0772. The van der Waals surface area contributed by atoms with Crippen LogP contribution < -0.4 is 21.3 Å². The van der Waals surface area contributed by atoms with Gasteiger partial charge in [-0.1, -0.05) is 117 Å². The third kappa shape index (κ3) is 14.9. The van der Waals surface area contributed by atoms with Crippen molar-refractivity contribution in [1.29, 1.82) is 0 Å². The molecule has 4 aromatic carbocycles. The first-order chi connectivity index (χ1) is 32.4. The zero-order valence-corrected chi connectivity index (χ0v) is 39.8. The molecule has 364 valence electrons. The van der Waals surface area contributed by atoms with Gasteiger partial charge in [-0.2, -0.15) is 0 Å². The van der Waals surface area contributed by atoms with E-state index in [2.05, 4.69) is 21.3 Å². The molecule has 0 radical (unpaired) electrons. The van der Waals surface area contributed by atoms with Crippen LogP contribution in [0.2, 0.25) is 0 Å². The number of hydrogen-bond donors (Lipinski definition) is 4. The molecule has 1 fully saturated rings. The van der Waals surface area contributed by atoms with Crippen molar-refractivity contribution < 1.29 is 52.1 Å². The normalized spacial score (nSPS) is 15.9. The van der Waals surface area contributed by atoms with E-state index in [0.717, 1.165) is 0 Å². The molecule has 0 aliphatic carbocycles. The summed E-state index contributed by atoms with van der Waals surface area (Å²) in [5.74, 6) is -4.01. The molecule has 4 aromatic rings. The van der Waals surface area contributed by atoms with Crippen LogP contribution >= 0.6 is 0 Å². The predicted octanol–water partition coefficient (Wildman–Crippen LogP) is 6.35. The molecule has 1 aliphatic heterocycles. The summed E-state index contributed by atoms with van der Waals surface area (Å²) in [5, 5.41) is 11.0. The maximum atomic E-state index is 15.7. The van der Waals surface area contributed by atoms with Crippen LogP contribution in [0.15, 0.2) is 115 Å². The number of hydrogen-bond acceptors (Lipinski definition) is 10. The number of carbonyl (C=O) groups is 6. The fourth-order valence-corrected chi connectivity index (χ4v) is 7.93. The second-order valence-corrected chi connectivity index (χ2v) is 18.2. The Balaban J connectivity index is 1.56. The number of nitrogens with zero attached hydrogens (tertiary/aromatic N) is 1. The highest BCUT2D eigenvalue weighted by molar-refractivity contribution is 6.00. The van der Waals surface area contributed by atoms with Gasteiger partial charge in [0.15, 0.2) is 6.10 Å². The van der Waals surface area contributed by atoms with Gasteiger partial charge in [0.2, 0.25) is 11.8 Å². The third-order valence-electron chi connectivity index (χ3n) is 11.5. The summed E-state index contributed by atoms with van der Waals surface area (Å²) in [5.41, 5.74) is -0.409. The molecule has 0 saturated carbocycles. The molecule has 0 spiro atoms. The number of methoxy groups -OCH3 is 1. The van der Waals surface area contributed by atoms with E-state index in [-0.39, 0.29) is 32.4 Å². The van der Waals surface area contributed by atoms with E-state index in [1.54, 1.807) is 126 Å². The van der Waals surface area contributed by atoms with Gasteiger partial charge in [-0.15, -0.1) is 0 Å². The van der Waals surface area contributed by atoms with E-state index < -0.39 is 88.9 Å². The molecule has 68 heavy (non-hydrogen) atoms. The number of amides is 6. The van der Waals surface area contributed by atoms with E-state index in [1.165, 1.54) is 36.3 Å². The molecule has 15 nitrogen and oxygen atoms in total. The molecule has 1 saturated heterocycles. The van der Waals surface area contributed by atoms with Gasteiger partial charge in [0, 0.05) is 33.0 Å². The van der Waals surface area contributed by atoms with Crippen LogP contribution in [0, 0.1) is 11.7 Å². The summed E-state index contributed by atoms with van der Waals surface area (Å²) in [7, 11) is 1.36. The van der Waals surface area contributed by atoms with E-state index >= 15 is 4.79 Å². The number of esters is 1. The smallest absolute Gasteiger partial charge is 0.407 e. The molecule has 1 heterocycles. The van der Waals surface area contributed by atoms with Gasteiger partial charge in [0.05, 0.1) is 24.7 Å². The van der Waals surface area contributed by atoms with Crippen LogP contribution in [0.4, 0.5) is 14.0 Å². The Hall–Kier alpha value is -6.65. The van der Waals surface area contributed by atoms with Crippen molar-refractivity contribution in [2.24, 2.45) is 5.92 Å². The lowest BCUT2D eigenvalue weighted by atomic mass is 9.70. The molecular formula is C52H64FN5O10. The highest BCUT2D eigenvalue weighted by atomic mass is 19.1. The van der Waals surface area contributed by atoms with Crippen molar-refractivity contribution in [2.75, 3.05) is 33.4 Å². The SMILES string of the molecule is CO[C@@H](C(=O)OC(CC(Cc1ccc(F)cc1)(C(=O)NC(C(=O)NC(Cc1ccccc1)C(=O)NC(=O)N1CCOCC1)C(C)C)c1ccccc1)C(C)NC(=O)OC(C)(C)C)c1ccccc1. The topological polar surface area (TPSA) is 191 Å². The lowest BCUT2D eigenvalue weighted by Gasteiger charge is -2.39. The number of imide groups is 1. The Bertz CT molecular complexity index is 2290. The maximum Gasteiger partial charge on any atom is 0.407 e. The number of benzene rings is 4. The number of halogens is 1. The molecule has 0 aromatic heterocycles. The first-order valence-corrected chi connectivity index (χ1v) is 22.8. The number of nitrogens with one attached hydrogen (secondary N) is 4. The summed E-state index contributed by atoms with van der Waals surface area (Å²) in [6, 6.07) is 27.8. The molecule has 16 heteroatoms. The Morgan fingerprint density at radius 1 is 0.735 bits per heavy atom. The maximum absolute atomic E-state index is 15.7. The summed E-state index contributed by atoms with van der Waals surface area (Å²) in [4.78, 5) is 86.4. The molecule has 0 bridgehead atoms. The Labute approximate surface area is 397 Å². The summed E-state index contributed by atoms with van der Waals surface area (Å²) in [6.45, 7) is 11.4. The molecular weight excluding hydrogens is 874 g/mol. The lowest BCUT2D eigenvalue weighted by Crippen LogP contribution is -2.60. The standard InChI is InChI=1S/C52H64FN5O10/c1-34(2)43(46(60)55-41(31-36-17-11-8-12-18-36)45(59)57-49(63)58-27-29-66-30-28-58)56-48(62)52(39-21-15-10-16-22-39,32-37-23-25-40(53)26-24-37)33-42(35(3)54-50(64)68-51(4,5)6)67-47(61)44(65-7)38-19-13-9-14-20-38/h8-26,34-35,41-44H,27-33H2,1-7H3,(H,54,64)(H,55,60)(H,56,62)(H,57,59,63)/t35?,41?,42?,43?,44-,52?/m1/s1. The van der Waals surface area contributed by atoms with Crippen LogP contribution in [-0.2, 0) is 56.4 Å². The van der Waals surface area contributed by atoms with E-state index in [1.807, 2.05) is 6.07 Å². The van der Waals surface area contributed by atoms with Gasteiger partial charge in [-0.25, -0.2) is 18.8 Å². The highest BCUT2D eigenvalue weighted by Crippen LogP contribution is 2.37. The Kier molecular flexibility index (Phi) is 18.8. The minimum Gasteiger partial charge on any atom is -0.458 e. The third-order valence-corrected chi connectivity index (χ3v) is 11.5. The van der Waals surface area contributed by atoms with Gasteiger partial charge in [-0.05, 0) is 74.4 Å². The molecule has 6 atom stereocenters. The van der Waals surface area contributed by atoms with Crippen LogP contribution in [0.5, 0.6) is 0 Å². The fourth-order valence-electron chi connectivity index (χ4n) is 7.93. The number of carbonyl (C=O) groups excluding carboxylic acids is 6. The zero-order chi connectivity index (χ0) is 49.4. The average molecular weight is 938 g/mol. The van der Waals surface area contributed by atoms with Gasteiger partial charge >= 0.3 is 18.1 Å².